The molecule has 0 radical (unpaired) electrons. The minimum Gasteiger partial charge on any atom is -0.484 e. The van der Waals surface area contributed by atoms with Gasteiger partial charge in [-0.05, 0) is 48.6 Å². The largest absolute Gasteiger partial charge is 0.484 e. The van der Waals surface area contributed by atoms with Gasteiger partial charge in [0.25, 0.3) is 11.8 Å². The Labute approximate surface area is 261 Å². The maximum Gasteiger partial charge on any atom is 0.258 e. The molecule has 3 aromatic rings. The van der Waals surface area contributed by atoms with E-state index >= 15 is 0 Å². The molecule has 5 rings (SSSR count). The first-order chi connectivity index (χ1) is 21.3. The van der Waals surface area contributed by atoms with Crippen molar-refractivity contribution in [1.82, 2.24) is 16.0 Å². The highest BCUT2D eigenvalue weighted by molar-refractivity contribution is 7.99. The smallest absolute Gasteiger partial charge is 0.258 e. The van der Waals surface area contributed by atoms with Crippen molar-refractivity contribution in [2.45, 2.75) is 60.9 Å². The SMILES string of the molecule is COC1OCC[C@@H]1N[C@@H](CC(C)C)C(=O)NC(=O)[C@@H](NC(=O)COc1ccc2c(c1)Nc1ccccc1S2)c1ccccc1. The van der Waals surface area contributed by atoms with Gasteiger partial charge in [0.05, 0.1) is 30.1 Å². The maximum absolute atomic E-state index is 13.5. The summed E-state index contributed by atoms with van der Waals surface area (Å²) in [5, 5.41) is 12.0. The Morgan fingerprint density at radius 2 is 1.73 bits per heavy atom. The number of nitrogens with one attached hydrogen (secondary N) is 4. The molecule has 1 fully saturated rings. The zero-order valence-corrected chi connectivity index (χ0v) is 25.8. The molecule has 4 atom stereocenters. The molecule has 1 saturated heterocycles. The number of hydrogen-bond acceptors (Lipinski definition) is 9. The van der Waals surface area contributed by atoms with Crippen molar-refractivity contribution in [3.05, 3.63) is 78.4 Å². The van der Waals surface area contributed by atoms with Crippen LogP contribution in [0, 0.1) is 5.92 Å². The molecule has 0 bridgehead atoms. The second-order valence-electron chi connectivity index (χ2n) is 11.2. The van der Waals surface area contributed by atoms with Gasteiger partial charge in [0.15, 0.2) is 12.9 Å². The summed E-state index contributed by atoms with van der Waals surface area (Å²) in [6.07, 6.45) is 0.718. The molecule has 0 saturated carbocycles. The molecule has 11 heteroatoms. The number of hydrogen-bond donors (Lipinski definition) is 4. The fraction of sp³-hybridized carbons (Fsp3) is 0.364. The van der Waals surface area contributed by atoms with Crippen LogP contribution < -0.4 is 26.0 Å². The number of imide groups is 1. The maximum atomic E-state index is 13.5. The summed E-state index contributed by atoms with van der Waals surface area (Å²) in [5.41, 5.74) is 2.43. The van der Waals surface area contributed by atoms with Gasteiger partial charge in [0.1, 0.15) is 11.8 Å². The first-order valence-electron chi connectivity index (χ1n) is 14.7. The normalized spacial score (nSPS) is 18.4. The van der Waals surface area contributed by atoms with E-state index in [1.807, 2.05) is 50.2 Å². The van der Waals surface area contributed by atoms with E-state index in [4.69, 9.17) is 14.2 Å². The molecule has 10 nitrogen and oxygen atoms in total. The molecule has 1 unspecified atom stereocenters. The minimum atomic E-state index is -1.10. The van der Waals surface area contributed by atoms with Crippen LogP contribution in [0.4, 0.5) is 11.4 Å². The lowest BCUT2D eigenvalue weighted by Gasteiger charge is -2.26. The lowest BCUT2D eigenvalue weighted by molar-refractivity contribution is -0.136. The lowest BCUT2D eigenvalue weighted by atomic mass is 10.0. The van der Waals surface area contributed by atoms with Crippen LogP contribution in [0.5, 0.6) is 5.75 Å². The molecule has 232 valence electrons. The molecule has 3 amide bonds. The Bertz CT molecular complexity index is 1470. The lowest BCUT2D eigenvalue weighted by Crippen LogP contribution is -2.54. The number of carbonyl (C=O) groups excluding carboxylic acids is 3. The first kappa shape index (κ1) is 31.5. The molecular formula is C33H38N4O6S. The Morgan fingerprint density at radius 1 is 0.977 bits per heavy atom. The van der Waals surface area contributed by atoms with Gasteiger partial charge < -0.3 is 24.8 Å². The number of anilines is 2. The molecule has 44 heavy (non-hydrogen) atoms. The summed E-state index contributed by atoms with van der Waals surface area (Å²) in [6, 6.07) is 20.5. The molecule has 0 aromatic heterocycles. The number of rotatable bonds is 12. The van der Waals surface area contributed by atoms with Crippen molar-refractivity contribution in [2.24, 2.45) is 5.92 Å². The zero-order valence-electron chi connectivity index (χ0n) is 25.0. The molecular weight excluding hydrogens is 580 g/mol. The van der Waals surface area contributed by atoms with Crippen molar-refractivity contribution in [1.29, 1.82) is 0 Å². The fourth-order valence-electron chi connectivity index (χ4n) is 5.22. The molecule has 3 aromatic carbocycles. The van der Waals surface area contributed by atoms with Crippen molar-refractivity contribution < 1.29 is 28.6 Å². The van der Waals surface area contributed by atoms with Gasteiger partial charge in [-0.2, -0.15) is 0 Å². The van der Waals surface area contributed by atoms with Gasteiger partial charge in [-0.15, -0.1) is 0 Å². The van der Waals surface area contributed by atoms with Gasteiger partial charge in [-0.25, -0.2) is 0 Å². The Kier molecular flexibility index (Phi) is 10.5. The number of methoxy groups -OCH3 is 1. The quantitative estimate of drug-likeness (QED) is 0.181. The van der Waals surface area contributed by atoms with E-state index in [-0.39, 0.29) is 18.6 Å². The van der Waals surface area contributed by atoms with E-state index in [9.17, 15) is 14.4 Å². The third-order valence-corrected chi connectivity index (χ3v) is 8.51. The predicted octanol–water partition coefficient (Wildman–Crippen LogP) is 4.54. The highest BCUT2D eigenvalue weighted by atomic mass is 32.2. The summed E-state index contributed by atoms with van der Waals surface area (Å²) in [7, 11) is 1.56. The van der Waals surface area contributed by atoms with Gasteiger partial charge in [-0.1, -0.05) is 68.1 Å². The van der Waals surface area contributed by atoms with Crippen LogP contribution in [-0.2, 0) is 23.9 Å². The predicted molar refractivity (Wildman–Crippen MR) is 168 cm³/mol. The molecule has 0 spiro atoms. The van der Waals surface area contributed by atoms with Crippen LogP contribution in [0.25, 0.3) is 0 Å². The third-order valence-electron chi connectivity index (χ3n) is 7.35. The number of para-hydroxylation sites is 1. The molecule has 4 N–H and O–H groups in total. The van der Waals surface area contributed by atoms with Crippen LogP contribution in [0.1, 0.15) is 38.3 Å². The van der Waals surface area contributed by atoms with Gasteiger partial charge in [0.2, 0.25) is 5.91 Å². The highest BCUT2D eigenvalue weighted by Gasteiger charge is 2.34. The van der Waals surface area contributed by atoms with Gasteiger partial charge >= 0.3 is 0 Å². The Balaban J connectivity index is 1.22. The first-order valence-corrected chi connectivity index (χ1v) is 15.5. The molecule has 2 aliphatic heterocycles. The summed E-state index contributed by atoms with van der Waals surface area (Å²) < 4.78 is 16.8. The van der Waals surface area contributed by atoms with E-state index in [2.05, 4.69) is 27.3 Å². The average Bonchev–Trinajstić information content (AvgIpc) is 3.48. The van der Waals surface area contributed by atoms with Gasteiger partial charge in [-0.3, -0.25) is 25.0 Å². The average molecular weight is 619 g/mol. The fourth-order valence-corrected chi connectivity index (χ4v) is 6.19. The Hall–Kier alpha value is -3.90. The van der Waals surface area contributed by atoms with E-state index in [0.29, 0.717) is 30.8 Å². The van der Waals surface area contributed by atoms with Gasteiger partial charge in [0, 0.05) is 23.0 Å². The van der Waals surface area contributed by atoms with E-state index in [1.165, 1.54) is 0 Å². The second-order valence-corrected chi connectivity index (χ2v) is 12.2. The van der Waals surface area contributed by atoms with Crippen molar-refractivity contribution in [3.63, 3.8) is 0 Å². The van der Waals surface area contributed by atoms with Crippen molar-refractivity contribution in [2.75, 3.05) is 25.6 Å². The highest BCUT2D eigenvalue weighted by Crippen LogP contribution is 2.45. The van der Waals surface area contributed by atoms with Crippen LogP contribution in [0.2, 0.25) is 0 Å². The van der Waals surface area contributed by atoms with E-state index in [0.717, 1.165) is 21.2 Å². The number of amides is 3. The standard InChI is InChI=1S/C33H38N4O6S/c1-20(2)17-26(35-24-15-16-42-33(24)41-3)31(39)37-32(40)30(21-9-5-4-6-10-21)36-29(38)19-43-22-13-14-28-25(18-22)34-23-11-7-8-12-27(23)44-28/h4-14,18,20,24,26,30,33-35H,15-17,19H2,1-3H3,(H,36,38)(H,37,39,40)/t24-,26-,30-,33?/m0/s1. The topological polar surface area (TPSA) is 127 Å². The molecule has 2 aliphatic rings. The van der Waals surface area contributed by atoms with Crippen LogP contribution in [0.3, 0.4) is 0 Å². The summed E-state index contributed by atoms with van der Waals surface area (Å²) in [6.45, 7) is 4.22. The minimum absolute atomic E-state index is 0.182. The number of fused-ring (bicyclic) bond motifs is 2. The number of carbonyl (C=O) groups is 3. The third kappa shape index (κ3) is 7.97. The van der Waals surface area contributed by atoms with Crippen LogP contribution in [0.15, 0.2) is 82.6 Å². The molecule has 2 heterocycles. The second kappa shape index (κ2) is 14.7. The zero-order chi connectivity index (χ0) is 31.1. The van der Waals surface area contributed by atoms with Crippen LogP contribution >= 0.6 is 11.8 Å². The number of benzene rings is 3. The summed E-state index contributed by atoms with van der Waals surface area (Å²) >= 11 is 1.66. The molecule has 0 aliphatic carbocycles. The van der Waals surface area contributed by atoms with Crippen molar-refractivity contribution >= 4 is 40.9 Å². The number of ether oxygens (including phenoxy) is 3. The summed E-state index contributed by atoms with van der Waals surface area (Å²) in [5.74, 6) is -0.918. The monoisotopic (exact) mass is 618 g/mol. The van der Waals surface area contributed by atoms with Crippen LogP contribution in [-0.4, -0.2) is 56.4 Å². The Morgan fingerprint density at radius 3 is 2.50 bits per heavy atom. The van der Waals surface area contributed by atoms with Crippen molar-refractivity contribution in [3.8, 4) is 5.75 Å². The summed E-state index contributed by atoms with van der Waals surface area (Å²) in [4.78, 5) is 42.1. The van der Waals surface area contributed by atoms with E-state index < -0.39 is 36.1 Å². The van der Waals surface area contributed by atoms with E-state index in [1.54, 1.807) is 49.2 Å².